The van der Waals surface area contributed by atoms with Crippen LogP contribution in [0.4, 0.5) is 10.1 Å². The zero-order chi connectivity index (χ0) is 17.5. The first kappa shape index (κ1) is 18.4. The maximum atomic E-state index is 12.8. The van der Waals surface area contributed by atoms with Crippen LogP contribution in [0.2, 0.25) is 0 Å². The van der Waals surface area contributed by atoms with Crippen molar-refractivity contribution in [2.45, 2.75) is 38.6 Å². The summed E-state index contributed by atoms with van der Waals surface area (Å²) in [5, 5.41) is 5.73. The molecule has 132 valence electrons. The number of nitrogens with one attached hydrogen (secondary N) is 2. The molecule has 24 heavy (non-hydrogen) atoms. The van der Waals surface area contributed by atoms with Crippen LogP contribution in [-0.4, -0.2) is 42.9 Å². The maximum Gasteiger partial charge on any atom is 0.238 e. The summed E-state index contributed by atoms with van der Waals surface area (Å²) in [6.45, 7) is 2.53. The Morgan fingerprint density at radius 3 is 2.29 bits per heavy atom. The van der Waals surface area contributed by atoms with Gasteiger partial charge < -0.3 is 10.6 Å². The molecule has 1 aliphatic rings. The Hall–Kier alpha value is -1.95. The molecule has 5 nitrogen and oxygen atoms in total. The summed E-state index contributed by atoms with van der Waals surface area (Å²) in [5.74, 6) is 0.116. The Labute approximate surface area is 142 Å². The predicted molar refractivity (Wildman–Crippen MR) is 92.1 cm³/mol. The van der Waals surface area contributed by atoms with Gasteiger partial charge in [-0.1, -0.05) is 6.92 Å². The third-order valence-corrected chi connectivity index (χ3v) is 4.34. The Bertz CT molecular complexity index is 554. The fourth-order valence-corrected chi connectivity index (χ4v) is 2.96. The minimum absolute atomic E-state index is 0.0494. The highest BCUT2D eigenvalue weighted by Crippen LogP contribution is 2.23. The normalized spacial score (nSPS) is 20.7. The fraction of sp³-hybridized carbons (Fsp3) is 0.556. The van der Waals surface area contributed by atoms with Gasteiger partial charge in [-0.25, -0.2) is 4.39 Å². The lowest BCUT2D eigenvalue weighted by Gasteiger charge is -2.27. The molecule has 2 amide bonds. The van der Waals surface area contributed by atoms with Crippen molar-refractivity contribution >= 4 is 17.5 Å². The summed E-state index contributed by atoms with van der Waals surface area (Å²) in [6.07, 6.45) is 4.37. The first-order valence-electron chi connectivity index (χ1n) is 8.45. The fourth-order valence-electron chi connectivity index (χ4n) is 2.96. The van der Waals surface area contributed by atoms with E-state index >= 15 is 0 Å². The van der Waals surface area contributed by atoms with E-state index in [2.05, 4.69) is 17.6 Å². The molecule has 1 saturated carbocycles. The van der Waals surface area contributed by atoms with Gasteiger partial charge in [0.05, 0.1) is 13.1 Å². The lowest BCUT2D eigenvalue weighted by molar-refractivity contribution is -0.123. The van der Waals surface area contributed by atoms with E-state index < -0.39 is 0 Å². The average Bonchev–Trinajstić information content (AvgIpc) is 2.51. The number of carbonyl (C=O) groups excluding carboxylic acids is 2. The molecular weight excluding hydrogens is 309 g/mol. The van der Waals surface area contributed by atoms with Crippen LogP contribution >= 0.6 is 0 Å². The van der Waals surface area contributed by atoms with E-state index in [1.807, 2.05) is 0 Å². The lowest BCUT2D eigenvalue weighted by atomic mass is 9.87. The van der Waals surface area contributed by atoms with Crippen LogP contribution in [-0.2, 0) is 9.59 Å². The quantitative estimate of drug-likeness (QED) is 0.839. The number of carbonyl (C=O) groups is 2. The number of halogens is 1. The highest BCUT2D eigenvalue weighted by molar-refractivity contribution is 5.92. The summed E-state index contributed by atoms with van der Waals surface area (Å²) in [6, 6.07) is 5.85. The summed E-state index contributed by atoms with van der Waals surface area (Å²) < 4.78 is 12.8. The summed E-state index contributed by atoms with van der Waals surface area (Å²) in [4.78, 5) is 25.7. The average molecular weight is 335 g/mol. The molecular formula is C18H26FN3O2. The molecule has 0 unspecified atom stereocenters. The van der Waals surface area contributed by atoms with E-state index in [4.69, 9.17) is 0 Å². The van der Waals surface area contributed by atoms with Crippen LogP contribution in [0.15, 0.2) is 24.3 Å². The van der Waals surface area contributed by atoms with E-state index in [1.54, 1.807) is 11.9 Å². The Morgan fingerprint density at radius 1 is 1.08 bits per heavy atom. The molecule has 0 bridgehead atoms. The number of hydrogen-bond acceptors (Lipinski definition) is 3. The van der Waals surface area contributed by atoms with E-state index in [1.165, 1.54) is 24.3 Å². The minimum atomic E-state index is -0.348. The molecule has 1 aromatic rings. The van der Waals surface area contributed by atoms with Gasteiger partial charge in [0.2, 0.25) is 11.8 Å². The summed E-state index contributed by atoms with van der Waals surface area (Å²) in [5.41, 5.74) is 0.538. The number of benzene rings is 1. The molecule has 1 fully saturated rings. The minimum Gasteiger partial charge on any atom is -0.352 e. The molecule has 1 aliphatic carbocycles. The number of anilines is 1. The van der Waals surface area contributed by atoms with Crippen LogP contribution in [0.1, 0.15) is 32.6 Å². The topological polar surface area (TPSA) is 61.4 Å². The number of hydrogen-bond donors (Lipinski definition) is 2. The van der Waals surface area contributed by atoms with Crippen LogP contribution in [0, 0.1) is 11.7 Å². The molecule has 0 heterocycles. The van der Waals surface area contributed by atoms with Crippen molar-refractivity contribution in [3.63, 3.8) is 0 Å². The maximum absolute atomic E-state index is 12.8. The van der Waals surface area contributed by atoms with Gasteiger partial charge in [-0.05, 0) is 62.9 Å². The van der Waals surface area contributed by atoms with E-state index in [-0.39, 0.29) is 36.8 Å². The molecule has 2 N–H and O–H groups in total. The van der Waals surface area contributed by atoms with Crippen LogP contribution in [0.25, 0.3) is 0 Å². The smallest absolute Gasteiger partial charge is 0.238 e. The van der Waals surface area contributed by atoms with Crippen molar-refractivity contribution in [1.82, 2.24) is 10.2 Å². The second-order valence-electron chi connectivity index (χ2n) is 6.75. The monoisotopic (exact) mass is 335 g/mol. The molecule has 0 spiro atoms. The first-order valence-corrected chi connectivity index (χ1v) is 8.45. The first-order chi connectivity index (χ1) is 11.4. The van der Waals surface area contributed by atoms with E-state index in [0.717, 1.165) is 31.6 Å². The lowest BCUT2D eigenvalue weighted by Crippen LogP contribution is -2.43. The summed E-state index contributed by atoms with van der Waals surface area (Å²) >= 11 is 0. The van der Waals surface area contributed by atoms with E-state index in [9.17, 15) is 14.0 Å². The zero-order valence-electron chi connectivity index (χ0n) is 14.3. The molecule has 0 aliphatic heterocycles. The number of nitrogens with zero attached hydrogens (tertiary/aromatic N) is 1. The van der Waals surface area contributed by atoms with Gasteiger partial charge in [0, 0.05) is 11.7 Å². The van der Waals surface area contributed by atoms with Crippen LogP contribution in [0.3, 0.4) is 0 Å². The SMILES string of the molecule is CC1CCC(NC(=O)CN(C)CC(=O)Nc2ccc(F)cc2)CC1. The number of likely N-dealkylation sites (N-methyl/N-ethyl adjacent to an activating group) is 1. The molecule has 2 rings (SSSR count). The number of rotatable bonds is 6. The predicted octanol–water partition coefficient (Wildman–Crippen LogP) is 2.39. The van der Waals surface area contributed by atoms with Crippen molar-refractivity contribution < 1.29 is 14.0 Å². The van der Waals surface area contributed by atoms with Crippen LogP contribution < -0.4 is 10.6 Å². The zero-order valence-corrected chi connectivity index (χ0v) is 14.3. The highest BCUT2D eigenvalue weighted by atomic mass is 19.1. The Kier molecular flexibility index (Phi) is 6.73. The van der Waals surface area contributed by atoms with Crippen molar-refractivity contribution in [3.05, 3.63) is 30.1 Å². The Balaban J connectivity index is 1.69. The second kappa shape index (κ2) is 8.78. The van der Waals surface area contributed by atoms with Gasteiger partial charge in [0.25, 0.3) is 0 Å². The summed E-state index contributed by atoms with van der Waals surface area (Å²) in [7, 11) is 1.73. The molecule has 0 atom stereocenters. The third-order valence-electron chi connectivity index (χ3n) is 4.34. The van der Waals surface area contributed by atoms with Gasteiger partial charge in [-0.15, -0.1) is 0 Å². The van der Waals surface area contributed by atoms with Gasteiger partial charge in [0.1, 0.15) is 5.82 Å². The third kappa shape index (κ3) is 6.28. The van der Waals surface area contributed by atoms with Crippen molar-refractivity contribution in [2.24, 2.45) is 5.92 Å². The Morgan fingerprint density at radius 2 is 1.67 bits per heavy atom. The van der Waals surface area contributed by atoms with E-state index in [0.29, 0.717) is 5.69 Å². The van der Waals surface area contributed by atoms with Gasteiger partial charge >= 0.3 is 0 Å². The van der Waals surface area contributed by atoms with Crippen molar-refractivity contribution in [2.75, 3.05) is 25.5 Å². The largest absolute Gasteiger partial charge is 0.352 e. The highest BCUT2D eigenvalue weighted by Gasteiger charge is 2.20. The standard InChI is InChI=1S/C18H26FN3O2/c1-13-3-7-15(8-4-13)20-17(23)11-22(2)12-18(24)21-16-9-5-14(19)6-10-16/h5-6,9-10,13,15H,3-4,7-8,11-12H2,1-2H3,(H,20,23)(H,21,24). The molecule has 0 saturated heterocycles. The van der Waals surface area contributed by atoms with Crippen molar-refractivity contribution in [1.29, 1.82) is 0 Å². The molecule has 6 heteroatoms. The second-order valence-corrected chi connectivity index (χ2v) is 6.75. The molecule has 0 radical (unpaired) electrons. The molecule has 1 aromatic carbocycles. The van der Waals surface area contributed by atoms with Crippen LogP contribution in [0.5, 0.6) is 0 Å². The van der Waals surface area contributed by atoms with Gasteiger partial charge in [-0.3, -0.25) is 14.5 Å². The van der Waals surface area contributed by atoms with Gasteiger partial charge in [0.15, 0.2) is 0 Å². The number of amides is 2. The van der Waals surface area contributed by atoms with Gasteiger partial charge in [-0.2, -0.15) is 0 Å². The molecule has 0 aromatic heterocycles. The van der Waals surface area contributed by atoms with Crippen molar-refractivity contribution in [3.8, 4) is 0 Å².